The molecule has 74 valence electrons. The summed E-state index contributed by atoms with van der Waals surface area (Å²) in [6, 6.07) is 7.07. The number of benzene rings is 1. The van der Waals surface area contributed by atoms with Crippen LogP contribution >= 0.6 is 0 Å². The van der Waals surface area contributed by atoms with Crippen molar-refractivity contribution in [3.8, 4) is 5.75 Å². The molecule has 0 N–H and O–H groups in total. The predicted molar refractivity (Wildman–Crippen MR) is 53.6 cm³/mol. The minimum Gasteiger partial charge on any atom is -0.497 e. The average Bonchev–Trinajstić information content (AvgIpc) is 2.19. The lowest BCUT2D eigenvalue weighted by Crippen LogP contribution is -1.92. The fourth-order valence-electron chi connectivity index (χ4n) is 0.994. The van der Waals surface area contributed by atoms with E-state index in [0.717, 1.165) is 11.3 Å². The highest BCUT2D eigenvalue weighted by Gasteiger charge is 2.01. The lowest BCUT2D eigenvalue weighted by molar-refractivity contribution is -0.422. The highest BCUT2D eigenvalue weighted by atomic mass is 16.6. The monoisotopic (exact) mass is 193 g/mol. The van der Waals surface area contributed by atoms with Crippen molar-refractivity contribution in [2.24, 2.45) is 0 Å². The molecule has 0 aliphatic heterocycles. The lowest BCUT2D eigenvalue weighted by atomic mass is 10.2. The SMILES string of the molecule is COc1ccc(C=C(C)[N+](=O)[O-])cc1. The van der Waals surface area contributed by atoms with E-state index >= 15 is 0 Å². The van der Waals surface area contributed by atoms with E-state index in [2.05, 4.69) is 0 Å². The summed E-state index contributed by atoms with van der Waals surface area (Å²) >= 11 is 0. The van der Waals surface area contributed by atoms with Gasteiger partial charge in [-0.05, 0) is 17.7 Å². The van der Waals surface area contributed by atoms with Crippen molar-refractivity contribution in [1.29, 1.82) is 0 Å². The van der Waals surface area contributed by atoms with Crippen molar-refractivity contribution in [2.45, 2.75) is 6.92 Å². The molecule has 0 bridgehead atoms. The van der Waals surface area contributed by atoms with Crippen LogP contribution in [0.1, 0.15) is 12.5 Å². The highest BCUT2D eigenvalue weighted by molar-refractivity contribution is 5.51. The summed E-state index contributed by atoms with van der Waals surface area (Å²) in [5.74, 6) is 0.737. The van der Waals surface area contributed by atoms with Crippen molar-refractivity contribution < 1.29 is 9.66 Å². The van der Waals surface area contributed by atoms with Gasteiger partial charge in [0.1, 0.15) is 5.75 Å². The van der Waals surface area contributed by atoms with E-state index in [4.69, 9.17) is 4.74 Å². The van der Waals surface area contributed by atoms with Crippen LogP contribution in [0.4, 0.5) is 0 Å². The topological polar surface area (TPSA) is 52.4 Å². The van der Waals surface area contributed by atoms with Crippen LogP contribution in [-0.4, -0.2) is 12.0 Å². The quantitative estimate of drug-likeness (QED) is 0.546. The zero-order valence-corrected chi connectivity index (χ0v) is 8.06. The maximum absolute atomic E-state index is 10.3. The molecule has 0 aromatic heterocycles. The van der Waals surface area contributed by atoms with Gasteiger partial charge in [-0.15, -0.1) is 0 Å². The van der Waals surface area contributed by atoms with Crippen LogP contribution in [0.25, 0.3) is 6.08 Å². The number of rotatable bonds is 3. The molecule has 0 atom stereocenters. The minimum absolute atomic E-state index is 0.121. The van der Waals surface area contributed by atoms with E-state index < -0.39 is 4.92 Å². The molecule has 4 heteroatoms. The van der Waals surface area contributed by atoms with E-state index in [-0.39, 0.29) is 5.70 Å². The molecular formula is C10H11NO3. The third kappa shape index (κ3) is 2.58. The summed E-state index contributed by atoms with van der Waals surface area (Å²) in [4.78, 5) is 9.93. The van der Waals surface area contributed by atoms with Gasteiger partial charge in [-0.25, -0.2) is 0 Å². The summed E-state index contributed by atoms with van der Waals surface area (Å²) < 4.78 is 4.97. The Bertz CT molecular complexity index is 354. The normalized spacial score (nSPS) is 11.1. The summed E-state index contributed by atoms with van der Waals surface area (Å²) in [5, 5.41) is 10.3. The van der Waals surface area contributed by atoms with Gasteiger partial charge in [0.2, 0.25) is 5.70 Å². The Labute approximate surface area is 82.0 Å². The number of allylic oxidation sites excluding steroid dienone is 1. The van der Waals surface area contributed by atoms with Crippen LogP contribution in [0.5, 0.6) is 5.75 Å². The first kappa shape index (κ1) is 10.2. The molecule has 0 spiro atoms. The summed E-state index contributed by atoms with van der Waals surface area (Å²) in [6.07, 6.45) is 1.51. The highest BCUT2D eigenvalue weighted by Crippen LogP contribution is 2.13. The van der Waals surface area contributed by atoms with Gasteiger partial charge < -0.3 is 4.74 Å². The van der Waals surface area contributed by atoms with Crippen LogP contribution in [0.15, 0.2) is 30.0 Å². The van der Waals surface area contributed by atoms with Crippen LogP contribution in [0, 0.1) is 10.1 Å². The van der Waals surface area contributed by atoms with E-state index in [1.807, 2.05) is 0 Å². The second kappa shape index (κ2) is 4.41. The van der Waals surface area contributed by atoms with Gasteiger partial charge in [0, 0.05) is 13.0 Å². The predicted octanol–water partition coefficient (Wildman–Crippen LogP) is 2.33. The molecule has 0 saturated carbocycles. The minimum atomic E-state index is -0.412. The van der Waals surface area contributed by atoms with Crippen molar-refractivity contribution in [1.82, 2.24) is 0 Å². The number of nitro groups is 1. The van der Waals surface area contributed by atoms with Gasteiger partial charge in [-0.2, -0.15) is 0 Å². The van der Waals surface area contributed by atoms with Crippen LogP contribution in [0.2, 0.25) is 0 Å². The first-order valence-electron chi connectivity index (χ1n) is 4.10. The lowest BCUT2D eigenvalue weighted by Gasteiger charge is -1.98. The Morgan fingerprint density at radius 1 is 1.43 bits per heavy atom. The molecule has 0 amide bonds. The van der Waals surface area contributed by atoms with Crippen LogP contribution < -0.4 is 4.74 Å². The number of hydrogen-bond acceptors (Lipinski definition) is 3. The standard InChI is InChI=1S/C10H11NO3/c1-8(11(12)13)7-9-3-5-10(14-2)6-4-9/h3-7H,1-2H3. The second-order valence-electron chi connectivity index (χ2n) is 2.82. The van der Waals surface area contributed by atoms with Gasteiger partial charge in [0.05, 0.1) is 12.0 Å². The molecular weight excluding hydrogens is 182 g/mol. The van der Waals surface area contributed by atoms with Crippen molar-refractivity contribution >= 4 is 6.08 Å². The van der Waals surface area contributed by atoms with E-state index in [9.17, 15) is 10.1 Å². The summed E-state index contributed by atoms with van der Waals surface area (Å²) in [6.45, 7) is 1.46. The van der Waals surface area contributed by atoms with E-state index in [0.29, 0.717) is 0 Å². The molecule has 1 rings (SSSR count). The first-order chi connectivity index (χ1) is 6.63. The third-order valence-electron chi connectivity index (χ3n) is 1.78. The average molecular weight is 193 g/mol. The van der Waals surface area contributed by atoms with Crippen molar-refractivity contribution in [2.75, 3.05) is 7.11 Å². The molecule has 1 aromatic carbocycles. The third-order valence-corrected chi connectivity index (χ3v) is 1.78. The zero-order valence-electron chi connectivity index (χ0n) is 8.06. The molecule has 0 unspecified atom stereocenters. The second-order valence-corrected chi connectivity index (χ2v) is 2.82. The molecule has 14 heavy (non-hydrogen) atoms. The maximum atomic E-state index is 10.3. The number of hydrogen-bond donors (Lipinski definition) is 0. The van der Waals surface area contributed by atoms with Gasteiger partial charge in [-0.1, -0.05) is 12.1 Å². The molecule has 0 fully saturated rings. The molecule has 0 aliphatic carbocycles. The van der Waals surface area contributed by atoms with Crippen molar-refractivity contribution in [3.63, 3.8) is 0 Å². The smallest absolute Gasteiger partial charge is 0.243 e. The first-order valence-corrected chi connectivity index (χ1v) is 4.10. The van der Waals surface area contributed by atoms with Gasteiger partial charge >= 0.3 is 0 Å². The van der Waals surface area contributed by atoms with Gasteiger partial charge in [-0.3, -0.25) is 10.1 Å². The van der Waals surface area contributed by atoms with Gasteiger partial charge in [0.15, 0.2) is 0 Å². The Kier molecular flexibility index (Phi) is 3.23. The molecule has 0 radical (unpaired) electrons. The van der Waals surface area contributed by atoms with Crippen LogP contribution in [0.3, 0.4) is 0 Å². The number of methoxy groups -OCH3 is 1. The van der Waals surface area contributed by atoms with Crippen molar-refractivity contribution in [3.05, 3.63) is 45.6 Å². The summed E-state index contributed by atoms with van der Waals surface area (Å²) in [5.41, 5.74) is 0.912. The van der Waals surface area contributed by atoms with E-state index in [1.165, 1.54) is 13.0 Å². The molecule has 0 heterocycles. The largest absolute Gasteiger partial charge is 0.497 e. The number of nitrogens with zero attached hydrogens (tertiary/aromatic N) is 1. The molecule has 4 nitrogen and oxygen atoms in total. The Morgan fingerprint density at radius 3 is 2.43 bits per heavy atom. The van der Waals surface area contributed by atoms with E-state index in [1.54, 1.807) is 31.4 Å². The molecule has 0 saturated heterocycles. The zero-order chi connectivity index (χ0) is 10.6. The fraction of sp³-hybridized carbons (Fsp3) is 0.200. The number of ether oxygens (including phenoxy) is 1. The maximum Gasteiger partial charge on any atom is 0.243 e. The Hall–Kier alpha value is -1.84. The van der Waals surface area contributed by atoms with Crippen LogP contribution in [-0.2, 0) is 0 Å². The molecule has 1 aromatic rings. The fourth-order valence-corrected chi connectivity index (χ4v) is 0.994. The van der Waals surface area contributed by atoms with Gasteiger partial charge in [0.25, 0.3) is 0 Å². The Balaban J connectivity index is 2.88. The summed E-state index contributed by atoms with van der Waals surface area (Å²) in [7, 11) is 1.58. The molecule has 0 aliphatic rings. The Morgan fingerprint density at radius 2 is 2.00 bits per heavy atom.